The highest BCUT2D eigenvalue weighted by Crippen LogP contribution is 2.25. The molecule has 1 aromatic heterocycles. The number of aromatic nitrogens is 2. The predicted octanol–water partition coefficient (Wildman–Crippen LogP) is 1.59. The summed E-state index contributed by atoms with van der Waals surface area (Å²) in [6.07, 6.45) is 5.84. The highest BCUT2D eigenvalue weighted by molar-refractivity contribution is 5.37. The van der Waals surface area contributed by atoms with Crippen molar-refractivity contribution >= 4 is 5.82 Å². The molecule has 1 saturated heterocycles. The Morgan fingerprint density at radius 3 is 2.75 bits per heavy atom. The highest BCUT2D eigenvalue weighted by atomic mass is 16.3. The molecule has 0 aromatic carbocycles. The smallest absolute Gasteiger partial charge is 0.147 e. The Labute approximate surface area is 96.3 Å². The van der Waals surface area contributed by atoms with Gasteiger partial charge in [0.1, 0.15) is 5.82 Å². The van der Waals surface area contributed by atoms with E-state index in [0.717, 1.165) is 18.3 Å². The lowest BCUT2D eigenvalue weighted by molar-refractivity contribution is 0.276. The van der Waals surface area contributed by atoms with E-state index in [1.807, 2.05) is 0 Å². The number of nitrogens with zero attached hydrogens (tertiary/aromatic N) is 3. The van der Waals surface area contributed by atoms with Crippen molar-refractivity contribution in [3.8, 4) is 0 Å². The Kier molecular flexibility index (Phi) is 3.39. The van der Waals surface area contributed by atoms with Crippen LogP contribution in [0.2, 0.25) is 0 Å². The van der Waals surface area contributed by atoms with E-state index in [1.165, 1.54) is 12.8 Å². The summed E-state index contributed by atoms with van der Waals surface area (Å²) in [7, 11) is 0. The van der Waals surface area contributed by atoms with E-state index in [-0.39, 0.29) is 6.61 Å². The zero-order valence-electron chi connectivity index (χ0n) is 9.93. The maximum absolute atomic E-state index is 8.91. The maximum Gasteiger partial charge on any atom is 0.147 e. The first-order valence-corrected chi connectivity index (χ1v) is 5.89. The molecular weight excluding hydrogens is 202 g/mol. The predicted molar refractivity (Wildman–Crippen MR) is 63.2 cm³/mol. The molecule has 0 bridgehead atoms. The van der Waals surface area contributed by atoms with Gasteiger partial charge in [-0.05, 0) is 25.7 Å². The minimum absolute atomic E-state index is 0.0418. The summed E-state index contributed by atoms with van der Waals surface area (Å²) in [5.41, 5.74) is 0.627. The quantitative estimate of drug-likeness (QED) is 0.824. The lowest BCUT2D eigenvalue weighted by Gasteiger charge is -2.37. The Hall–Kier alpha value is -1.16. The van der Waals surface area contributed by atoms with Crippen LogP contribution in [0.5, 0.6) is 0 Å². The molecule has 2 atom stereocenters. The van der Waals surface area contributed by atoms with Gasteiger partial charge < -0.3 is 10.0 Å². The molecule has 88 valence electrons. The second-order valence-corrected chi connectivity index (χ2v) is 4.70. The van der Waals surface area contributed by atoms with Crippen LogP contribution in [-0.2, 0) is 6.61 Å². The van der Waals surface area contributed by atoms with Crippen molar-refractivity contribution in [3.05, 3.63) is 18.1 Å². The molecule has 1 fully saturated rings. The van der Waals surface area contributed by atoms with Crippen molar-refractivity contribution in [2.45, 2.75) is 39.3 Å². The number of anilines is 1. The van der Waals surface area contributed by atoms with E-state index in [9.17, 15) is 0 Å². The van der Waals surface area contributed by atoms with E-state index in [1.54, 1.807) is 12.4 Å². The van der Waals surface area contributed by atoms with Gasteiger partial charge in [0.25, 0.3) is 0 Å². The van der Waals surface area contributed by atoms with E-state index in [0.29, 0.717) is 11.7 Å². The summed E-state index contributed by atoms with van der Waals surface area (Å²) in [6, 6.07) is 0.526. The average Bonchev–Trinajstić information content (AvgIpc) is 2.29. The molecule has 1 aliphatic rings. The summed E-state index contributed by atoms with van der Waals surface area (Å²) in [6.45, 7) is 5.54. The van der Waals surface area contributed by atoms with Gasteiger partial charge in [-0.2, -0.15) is 0 Å². The van der Waals surface area contributed by atoms with E-state index in [4.69, 9.17) is 5.11 Å². The van der Waals surface area contributed by atoms with Crippen molar-refractivity contribution in [2.24, 2.45) is 5.92 Å². The van der Waals surface area contributed by atoms with Gasteiger partial charge in [0.2, 0.25) is 0 Å². The number of rotatable bonds is 2. The molecule has 0 aliphatic carbocycles. The van der Waals surface area contributed by atoms with Gasteiger partial charge >= 0.3 is 0 Å². The fourth-order valence-corrected chi connectivity index (χ4v) is 2.33. The molecule has 1 aromatic rings. The van der Waals surface area contributed by atoms with Gasteiger partial charge in [0.05, 0.1) is 24.7 Å². The van der Waals surface area contributed by atoms with Gasteiger partial charge in [-0.3, -0.25) is 4.98 Å². The lowest BCUT2D eigenvalue weighted by Crippen LogP contribution is -2.40. The SMILES string of the molecule is CC1CCN(c2cnc(CO)cn2)C(C)C1. The third-order valence-corrected chi connectivity index (χ3v) is 3.29. The number of piperidine rings is 1. The number of hydrogen-bond acceptors (Lipinski definition) is 4. The Bertz CT molecular complexity index is 339. The molecule has 16 heavy (non-hydrogen) atoms. The maximum atomic E-state index is 8.91. The Morgan fingerprint density at radius 1 is 1.38 bits per heavy atom. The summed E-state index contributed by atoms with van der Waals surface area (Å²) < 4.78 is 0. The molecule has 2 heterocycles. The van der Waals surface area contributed by atoms with Crippen molar-refractivity contribution in [3.63, 3.8) is 0 Å². The molecule has 0 amide bonds. The normalized spacial score (nSPS) is 25.8. The van der Waals surface area contributed by atoms with Gasteiger partial charge in [0, 0.05) is 12.6 Å². The third-order valence-electron chi connectivity index (χ3n) is 3.29. The zero-order chi connectivity index (χ0) is 11.5. The highest BCUT2D eigenvalue weighted by Gasteiger charge is 2.23. The number of aliphatic hydroxyl groups excluding tert-OH is 1. The van der Waals surface area contributed by atoms with Crippen LogP contribution >= 0.6 is 0 Å². The Balaban J connectivity index is 2.11. The lowest BCUT2D eigenvalue weighted by atomic mass is 9.93. The summed E-state index contributed by atoms with van der Waals surface area (Å²) >= 11 is 0. The first-order valence-electron chi connectivity index (χ1n) is 5.89. The first-order chi connectivity index (χ1) is 7.70. The third kappa shape index (κ3) is 2.32. The van der Waals surface area contributed by atoms with Gasteiger partial charge in [0.15, 0.2) is 0 Å². The minimum atomic E-state index is -0.0418. The van der Waals surface area contributed by atoms with Gasteiger partial charge in [-0.1, -0.05) is 6.92 Å². The van der Waals surface area contributed by atoms with Crippen LogP contribution in [-0.4, -0.2) is 27.7 Å². The van der Waals surface area contributed by atoms with E-state index in [2.05, 4.69) is 28.7 Å². The monoisotopic (exact) mass is 221 g/mol. The van der Waals surface area contributed by atoms with Crippen LogP contribution in [0.25, 0.3) is 0 Å². The first kappa shape index (κ1) is 11.3. The molecule has 2 unspecified atom stereocenters. The zero-order valence-corrected chi connectivity index (χ0v) is 9.93. The molecule has 1 aliphatic heterocycles. The second kappa shape index (κ2) is 4.78. The van der Waals surface area contributed by atoms with Crippen LogP contribution in [0.3, 0.4) is 0 Å². The topological polar surface area (TPSA) is 49.2 Å². The van der Waals surface area contributed by atoms with E-state index >= 15 is 0 Å². The standard InChI is InChI=1S/C12H19N3O/c1-9-3-4-15(10(2)5-9)12-7-13-11(8-16)6-14-12/h6-7,9-10,16H,3-5,8H2,1-2H3. The summed E-state index contributed by atoms with van der Waals surface area (Å²) in [5.74, 6) is 1.73. The van der Waals surface area contributed by atoms with Gasteiger partial charge in [-0.25, -0.2) is 4.98 Å². The van der Waals surface area contributed by atoms with Crippen LogP contribution in [0.1, 0.15) is 32.4 Å². The largest absolute Gasteiger partial charge is 0.390 e. The van der Waals surface area contributed by atoms with Crippen LogP contribution in [0.15, 0.2) is 12.4 Å². The fourth-order valence-electron chi connectivity index (χ4n) is 2.33. The molecule has 2 rings (SSSR count). The van der Waals surface area contributed by atoms with Crippen LogP contribution < -0.4 is 4.90 Å². The van der Waals surface area contributed by atoms with Gasteiger partial charge in [-0.15, -0.1) is 0 Å². The molecular formula is C12H19N3O. The van der Waals surface area contributed by atoms with Crippen molar-refractivity contribution in [1.82, 2.24) is 9.97 Å². The number of hydrogen-bond donors (Lipinski definition) is 1. The second-order valence-electron chi connectivity index (χ2n) is 4.70. The van der Waals surface area contributed by atoms with Crippen LogP contribution in [0.4, 0.5) is 5.82 Å². The molecule has 4 heteroatoms. The Morgan fingerprint density at radius 2 is 2.19 bits per heavy atom. The van der Waals surface area contributed by atoms with E-state index < -0.39 is 0 Å². The summed E-state index contributed by atoms with van der Waals surface area (Å²) in [4.78, 5) is 10.8. The van der Waals surface area contributed by atoms with Crippen molar-refractivity contribution in [1.29, 1.82) is 0 Å². The molecule has 0 radical (unpaired) electrons. The fraction of sp³-hybridized carbons (Fsp3) is 0.667. The summed E-state index contributed by atoms with van der Waals surface area (Å²) in [5, 5.41) is 8.91. The van der Waals surface area contributed by atoms with Crippen LogP contribution in [0, 0.1) is 5.92 Å². The molecule has 4 nitrogen and oxygen atoms in total. The molecule has 1 N–H and O–H groups in total. The average molecular weight is 221 g/mol. The minimum Gasteiger partial charge on any atom is -0.390 e. The van der Waals surface area contributed by atoms with Crippen molar-refractivity contribution < 1.29 is 5.11 Å². The number of aliphatic hydroxyl groups is 1. The van der Waals surface area contributed by atoms with Crippen molar-refractivity contribution in [2.75, 3.05) is 11.4 Å². The molecule has 0 spiro atoms. The molecule has 0 saturated carbocycles.